The minimum absolute atomic E-state index is 0.595. The summed E-state index contributed by atoms with van der Waals surface area (Å²) in [6.45, 7) is 0.595. The predicted octanol–water partition coefficient (Wildman–Crippen LogP) is 1.86. The fraction of sp³-hybridized carbons (Fsp3) is 0.200. The van der Waals surface area contributed by atoms with Gasteiger partial charge in [-0.15, -0.1) is 11.3 Å². The van der Waals surface area contributed by atoms with Crippen LogP contribution in [0.3, 0.4) is 0 Å². The van der Waals surface area contributed by atoms with Crippen LogP contribution in [0.4, 0.5) is 0 Å². The summed E-state index contributed by atoms with van der Waals surface area (Å²) in [5.41, 5.74) is 5.31. The number of hydrogen-bond donors (Lipinski definition) is 1. The van der Waals surface area contributed by atoms with Gasteiger partial charge in [0.05, 0.1) is 5.02 Å². The zero-order valence-electron chi connectivity index (χ0n) is 4.23. The Hall–Kier alpha value is -0.0500. The second-order valence-corrected chi connectivity index (χ2v) is 2.87. The highest BCUT2D eigenvalue weighted by Gasteiger charge is 1.91. The Morgan fingerprint density at radius 2 is 2.50 bits per heavy atom. The number of thiophene rings is 1. The van der Waals surface area contributed by atoms with Gasteiger partial charge in [-0.25, -0.2) is 0 Å². The van der Waals surface area contributed by atoms with Crippen LogP contribution in [-0.2, 0) is 6.54 Å². The second kappa shape index (κ2) is 2.49. The third-order valence-corrected chi connectivity index (χ3v) is 2.13. The molecule has 0 atom stereocenters. The van der Waals surface area contributed by atoms with E-state index in [1.807, 2.05) is 11.4 Å². The maximum atomic E-state index is 5.59. The van der Waals surface area contributed by atoms with Gasteiger partial charge in [0, 0.05) is 16.8 Å². The van der Waals surface area contributed by atoms with Crippen molar-refractivity contribution in [2.45, 2.75) is 6.54 Å². The Morgan fingerprint density at radius 1 is 1.75 bits per heavy atom. The van der Waals surface area contributed by atoms with E-state index >= 15 is 0 Å². The summed E-state index contributed by atoms with van der Waals surface area (Å²) in [5, 5.41) is 2.67. The smallest absolute Gasteiger partial charge is 0.0516 e. The average Bonchev–Trinajstić information content (AvgIpc) is 2.14. The number of hydrogen-bond acceptors (Lipinski definition) is 2. The quantitative estimate of drug-likeness (QED) is 0.645. The van der Waals surface area contributed by atoms with Gasteiger partial charge in [0.25, 0.3) is 0 Å². The molecule has 2 N–H and O–H groups in total. The second-order valence-electron chi connectivity index (χ2n) is 1.44. The highest BCUT2D eigenvalue weighted by molar-refractivity contribution is 7.10. The minimum atomic E-state index is 0.595. The summed E-state index contributed by atoms with van der Waals surface area (Å²) >= 11 is 7.19. The molecule has 1 nitrogen and oxygen atoms in total. The number of halogens is 1. The van der Waals surface area contributed by atoms with Gasteiger partial charge in [-0.05, 0) is 6.07 Å². The van der Waals surface area contributed by atoms with Crippen molar-refractivity contribution in [3.63, 3.8) is 0 Å². The molecule has 44 valence electrons. The Labute approximate surface area is 57.1 Å². The molecule has 0 aliphatic carbocycles. The largest absolute Gasteiger partial charge is 0.326 e. The molecule has 0 amide bonds. The van der Waals surface area contributed by atoms with Crippen LogP contribution >= 0.6 is 22.9 Å². The molecule has 3 heteroatoms. The summed E-state index contributed by atoms with van der Waals surface area (Å²) in [4.78, 5) is 1.13. The van der Waals surface area contributed by atoms with Crippen LogP contribution in [0.25, 0.3) is 0 Å². The molecular weight excluding hydrogens is 142 g/mol. The zero-order valence-corrected chi connectivity index (χ0v) is 5.80. The number of rotatable bonds is 1. The van der Waals surface area contributed by atoms with E-state index < -0.39 is 0 Å². The van der Waals surface area contributed by atoms with Gasteiger partial charge in [0.1, 0.15) is 0 Å². The normalized spacial score (nSPS) is 9.75. The Kier molecular flexibility index (Phi) is 1.89. The first kappa shape index (κ1) is 6.08. The van der Waals surface area contributed by atoms with Crippen LogP contribution in [0.5, 0.6) is 0 Å². The summed E-state index contributed by atoms with van der Waals surface area (Å²) in [6.07, 6.45) is 0. The van der Waals surface area contributed by atoms with E-state index in [9.17, 15) is 0 Å². The molecule has 0 radical (unpaired) electrons. The Balaban J connectivity index is 2.84. The van der Waals surface area contributed by atoms with Gasteiger partial charge in [0.2, 0.25) is 0 Å². The first-order valence-corrected chi connectivity index (χ1v) is 3.51. The molecule has 1 rings (SSSR count). The van der Waals surface area contributed by atoms with Gasteiger partial charge in [-0.1, -0.05) is 11.6 Å². The molecule has 0 aliphatic heterocycles. The van der Waals surface area contributed by atoms with E-state index in [2.05, 4.69) is 0 Å². The van der Waals surface area contributed by atoms with Crippen molar-refractivity contribution < 1.29 is 0 Å². The van der Waals surface area contributed by atoms with Crippen molar-refractivity contribution in [3.8, 4) is 0 Å². The van der Waals surface area contributed by atoms with Crippen molar-refractivity contribution >= 4 is 22.9 Å². The lowest BCUT2D eigenvalue weighted by molar-refractivity contribution is 1.11. The molecule has 0 saturated heterocycles. The monoisotopic (exact) mass is 147 g/mol. The molecule has 0 aliphatic rings. The zero-order chi connectivity index (χ0) is 5.98. The van der Waals surface area contributed by atoms with Gasteiger partial charge in [-0.2, -0.15) is 0 Å². The van der Waals surface area contributed by atoms with E-state index in [1.165, 1.54) is 0 Å². The maximum absolute atomic E-state index is 5.59. The van der Waals surface area contributed by atoms with Crippen LogP contribution in [0.1, 0.15) is 4.88 Å². The average molecular weight is 148 g/mol. The standard InChI is InChI=1S/C5H6ClNS/c6-4-1-5(2-7)8-3-4/h1,3H,2,7H2. The highest BCUT2D eigenvalue weighted by Crippen LogP contribution is 2.17. The van der Waals surface area contributed by atoms with Gasteiger partial charge in [0.15, 0.2) is 0 Å². The van der Waals surface area contributed by atoms with Crippen LogP contribution in [0, 0.1) is 0 Å². The summed E-state index contributed by atoms with van der Waals surface area (Å²) in [7, 11) is 0. The van der Waals surface area contributed by atoms with E-state index in [0.29, 0.717) is 6.54 Å². The fourth-order valence-electron chi connectivity index (χ4n) is 0.461. The van der Waals surface area contributed by atoms with E-state index in [1.54, 1.807) is 11.3 Å². The highest BCUT2D eigenvalue weighted by atomic mass is 35.5. The molecule has 0 bridgehead atoms. The molecule has 0 saturated carbocycles. The molecule has 0 aromatic carbocycles. The van der Waals surface area contributed by atoms with Gasteiger partial charge >= 0.3 is 0 Å². The van der Waals surface area contributed by atoms with E-state index in [-0.39, 0.29) is 0 Å². The third kappa shape index (κ3) is 1.22. The van der Waals surface area contributed by atoms with Crippen molar-refractivity contribution in [1.82, 2.24) is 0 Å². The van der Waals surface area contributed by atoms with Crippen molar-refractivity contribution in [1.29, 1.82) is 0 Å². The first-order valence-electron chi connectivity index (χ1n) is 2.26. The fourth-order valence-corrected chi connectivity index (χ4v) is 1.41. The minimum Gasteiger partial charge on any atom is -0.326 e. The van der Waals surface area contributed by atoms with Crippen LogP contribution in [-0.4, -0.2) is 0 Å². The van der Waals surface area contributed by atoms with E-state index in [0.717, 1.165) is 9.90 Å². The molecule has 1 aromatic heterocycles. The van der Waals surface area contributed by atoms with Crippen molar-refractivity contribution in [3.05, 3.63) is 21.3 Å². The third-order valence-electron chi connectivity index (χ3n) is 0.823. The molecular formula is C5H6ClNS. The molecule has 0 unspecified atom stereocenters. The Morgan fingerprint density at radius 3 is 2.75 bits per heavy atom. The molecule has 1 aromatic rings. The Bertz CT molecular complexity index is 173. The van der Waals surface area contributed by atoms with Crippen LogP contribution < -0.4 is 5.73 Å². The first-order chi connectivity index (χ1) is 3.83. The maximum Gasteiger partial charge on any atom is 0.0516 e. The van der Waals surface area contributed by atoms with Crippen LogP contribution in [0.2, 0.25) is 5.02 Å². The lowest BCUT2D eigenvalue weighted by Gasteiger charge is -1.80. The molecule has 1 heterocycles. The molecule has 0 fully saturated rings. The van der Waals surface area contributed by atoms with E-state index in [4.69, 9.17) is 17.3 Å². The van der Waals surface area contributed by atoms with Crippen molar-refractivity contribution in [2.75, 3.05) is 0 Å². The lowest BCUT2D eigenvalue weighted by atomic mass is 10.5. The lowest BCUT2D eigenvalue weighted by Crippen LogP contribution is -1.90. The van der Waals surface area contributed by atoms with Gasteiger partial charge < -0.3 is 5.73 Å². The predicted molar refractivity (Wildman–Crippen MR) is 37.2 cm³/mol. The topological polar surface area (TPSA) is 26.0 Å². The summed E-state index contributed by atoms with van der Waals surface area (Å²) in [6, 6.07) is 1.88. The summed E-state index contributed by atoms with van der Waals surface area (Å²) in [5.74, 6) is 0. The summed E-state index contributed by atoms with van der Waals surface area (Å²) < 4.78 is 0. The van der Waals surface area contributed by atoms with Crippen LogP contribution in [0.15, 0.2) is 11.4 Å². The molecule has 8 heavy (non-hydrogen) atoms. The molecule has 0 spiro atoms. The number of nitrogens with two attached hydrogens (primary N) is 1. The van der Waals surface area contributed by atoms with Crippen molar-refractivity contribution in [2.24, 2.45) is 5.73 Å². The SMILES string of the molecule is NCc1cc(Cl)cs1. The van der Waals surface area contributed by atoms with Gasteiger partial charge in [-0.3, -0.25) is 0 Å².